The van der Waals surface area contributed by atoms with Crippen molar-refractivity contribution in [2.45, 2.75) is 110 Å². The van der Waals surface area contributed by atoms with Gasteiger partial charge in [-0.25, -0.2) is 0 Å². The Balaban J connectivity index is 0.00000257. The molecule has 4 aromatic rings. The summed E-state index contributed by atoms with van der Waals surface area (Å²) in [6.45, 7) is 28.7. The van der Waals surface area contributed by atoms with Gasteiger partial charge in [0, 0.05) is 0 Å². The molecule has 0 amide bonds. The number of hydrogen-bond donors (Lipinski definition) is 0. The second-order valence-electron chi connectivity index (χ2n) is 19.1. The number of hydrogen-bond acceptors (Lipinski definition) is 0. The van der Waals surface area contributed by atoms with Gasteiger partial charge in [0.15, 0.2) is 0 Å². The number of aryl methyl sites for hydroxylation is 2. The summed E-state index contributed by atoms with van der Waals surface area (Å²) >= 11 is -3.00. The third kappa shape index (κ3) is 7.19. The first kappa shape index (κ1) is 41.8. The fourth-order valence-electron chi connectivity index (χ4n) is 9.55. The predicted octanol–water partition coefficient (Wildman–Crippen LogP) is 7.94. The van der Waals surface area contributed by atoms with Gasteiger partial charge in [-0.3, -0.25) is 0 Å². The summed E-state index contributed by atoms with van der Waals surface area (Å²) in [7, 11) is 0. The third-order valence-electron chi connectivity index (χ3n) is 13.1. The zero-order valence-electron chi connectivity index (χ0n) is 35.1. The van der Waals surface area contributed by atoms with Gasteiger partial charge in [-0.2, -0.15) is 0 Å². The number of benzene rings is 4. The first-order valence-corrected chi connectivity index (χ1v) is 23.9. The average Bonchev–Trinajstić information content (AvgIpc) is 3.65. The fraction of sp³-hybridized carbons (Fsp3) is 0.365. The monoisotopic (exact) mass is 842 g/mol. The van der Waals surface area contributed by atoms with Crippen LogP contribution in [0.4, 0.5) is 0 Å². The molecular formula is C52H58Cl2Zr. The second kappa shape index (κ2) is 14.8. The summed E-state index contributed by atoms with van der Waals surface area (Å²) in [4.78, 5) is 0. The van der Waals surface area contributed by atoms with Crippen molar-refractivity contribution in [1.82, 2.24) is 0 Å². The molecule has 8 rings (SSSR count). The van der Waals surface area contributed by atoms with Crippen LogP contribution in [0.15, 0.2) is 106 Å². The smallest absolute Gasteiger partial charge is 1.00 e. The summed E-state index contributed by atoms with van der Waals surface area (Å²) in [6.07, 6.45) is 12.5. The van der Waals surface area contributed by atoms with Crippen LogP contribution in [0.25, 0.3) is 22.3 Å². The van der Waals surface area contributed by atoms with Crippen molar-refractivity contribution in [1.29, 1.82) is 0 Å². The number of fused-ring (bicyclic) bond motifs is 5. The van der Waals surface area contributed by atoms with Gasteiger partial charge in [-0.15, -0.1) is 0 Å². The largest absolute Gasteiger partial charge is 1.00 e. The van der Waals surface area contributed by atoms with Crippen molar-refractivity contribution in [3.63, 3.8) is 0 Å². The molecule has 0 nitrogen and oxygen atoms in total. The SMILES string of the molecule is CC1=CCC(C)(C)c2cc3c(cc21)-c1cc2c(cc1[CH]3[Zr+2]([C]1=CC(C(C)(C)C)=CC1C)=[C](c1ccc(C)cc1)c1ccc(C)cc1)C(C)(C)CC=C2C.[Cl-].[Cl-]. The maximum absolute atomic E-state index is 3.00. The molecule has 0 saturated heterocycles. The van der Waals surface area contributed by atoms with E-state index in [9.17, 15) is 0 Å². The summed E-state index contributed by atoms with van der Waals surface area (Å²) in [5, 5.41) is 0. The Labute approximate surface area is 352 Å². The van der Waals surface area contributed by atoms with Gasteiger partial charge in [0.1, 0.15) is 0 Å². The van der Waals surface area contributed by atoms with Crippen molar-refractivity contribution >= 4 is 14.4 Å². The molecule has 55 heavy (non-hydrogen) atoms. The van der Waals surface area contributed by atoms with E-state index < -0.39 is 21.3 Å². The summed E-state index contributed by atoms with van der Waals surface area (Å²) in [6, 6.07) is 29.8. The molecule has 4 aliphatic carbocycles. The minimum absolute atomic E-state index is 0. The van der Waals surface area contributed by atoms with E-state index in [1.807, 2.05) is 0 Å². The van der Waals surface area contributed by atoms with Gasteiger partial charge >= 0.3 is 330 Å². The maximum Gasteiger partial charge on any atom is -1.00 e. The Bertz CT molecular complexity index is 2210. The number of allylic oxidation sites excluding steroid dienone is 8. The minimum atomic E-state index is -3.00. The molecule has 284 valence electrons. The average molecular weight is 845 g/mol. The molecule has 0 fully saturated rings. The van der Waals surface area contributed by atoms with Gasteiger partial charge < -0.3 is 24.8 Å². The molecule has 1 atom stereocenters. The quantitative estimate of drug-likeness (QED) is 0.196. The van der Waals surface area contributed by atoms with Gasteiger partial charge in [-0.05, 0) is 0 Å². The van der Waals surface area contributed by atoms with E-state index in [1.165, 1.54) is 72.4 Å². The summed E-state index contributed by atoms with van der Waals surface area (Å²) in [5.74, 6) is 0.413. The Morgan fingerprint density at radius 1 is 0.618 bits per heavy atom. The molecule has 4 aromatic carbocycles. The summed E-state index contributed by atoms with van der Waals surface area (Å²) in [5.41, 5.74) is 22.2. The Kier molecular flexibility index (Phi) is 11.3. The Morgan fingerprint density at radius 2 is 1.04 bits per heavy atom. The molecular weight excluding hydrogens is 787 g/mol. The number of halogens is 2. The van der Waals surface area contributed by atoms with Crippen LogP contribution in [0.5, 0.6) is 0 Å². The molecule has 0 spiro atoms. The van der Waals surface area contributed by atoms with Crippen LogP contribution < -0.4 is 24.8 Å². The Hall–Kier alpha value is -2.83. The molecule has 3 heteroatoms. The maximum atomic E-state index is 2.72. The van der Waals surface area contributed by atoms with Crippen LogP contribution in [-0.2, 0) is 32.1 Å². The first-order valence-electron chi connectivity index (χ1n) is 20.0. The van der Waals surface area contributed by atoms with Crippen molar-refractivity contribution in [2.75, 3.05) is 0 Å². The Morgan fingerprint density at radius 3 is 1.42 bits per heavy atom. The van der Waals surface area contributed by atoms with E-state index in [2.05, 4.69) is 180 Å². The van der Waals surface area contributed by atoms with Gasteiger partial charge in [0.05, 0.1) is 0 Å². The van der Waals surface area contributed by atoms with E-state index in [0.717, 1.165) is 12.8 Å². The van der Waals surface area contributed by atoms with Crippen molar-refractivity contribution in [2.24, 2.45) is 11.3 Å². The molecule has 1 unspecified atom stereocenters. The molecule has 0 aromatic heterocycles. The van der Waals surface area contributed by atoms with Crippen molar-refractivity contribution < 1.29 is 46.1 Å². The van der Waals surface area contributed by atoms with Crippen LogP contribution >= 0.6 is 0 Å². The van der Waals surface area contributed by atoms with E-state index in [-0.39, 0.29) is 41.1 Å². The minimum Gasteiger partial charge on any atom is -1.00 e. The van der Waals surface area contributed by atoms with E-state index in [1.54, 1.807) is 17.6 Å². The van der Waals surface area contributed by atoms with E-state index in [4.69, 9.17) is 0 Å². The van der Waals surface area contributed by atoms with Gasteiger partial charge in [0.25, 0.3) is 0 Å². The summed E-state index contributed by atoms with van der Waals surface area (Å²) < 4.78 is 3.73. The predicted molar refractivity (Wildman–Crippen MR) is 227 cm³/mol. The zero-order valence-corrected chi connectivity index (χ0v) is 39.0. The van der Waals surface area contributed by atoms with Crippen LogP contribution in [0.3, 0.4) is 0 Å². The van der Waals surface area contributed by atoms with Crippen molar-refractivity contribution in [3.05, 3.63) is 162 Å². The van der Waals surface area contributed by atoms with Crippen LogP contribution in [0.1, 0.15) is 141 Å². The fourth-order valence-corrected chi connectivity index (χ4v) is 19.0. The van der Waals surface area contributed by atoms with Crippen LogP contribution in [0.2, 0.25) is 0 Å². The molecule has 0 aliphatic heterocycles. The van der Waals surface area contributed by atoms with Crippen molar-refractivity contribution in [3.8, 4) is 11.1 Å². The normalized spacial score (nSPS) is 18.8. The van der Waals surface area contributed by atoms with E-state index in [0.29, 0.717) is 9.54 Å². The van der Waals surface area contributed by atoms with E-state index >= 15 is 0 Å². The zero-order chi connectivity index (χ0) is 37.8. The molecule has 0 radical (unpaired) electrons. The first-order chi connectivity index (χ1) is 24.9. The molecule has 0 N–H and O–H groups in total. The third-order valence-corrected chi connectivity index (χ3v) is 21.8. The molecule has 0 saturated carbocycles. The number of rotatable bonds is 4. The molecule has 0 bridgehead atoms. The van der Waals surface area contributed by atoms with Gasteiger partial charge in [0.2, 0.25) is 0 Å². The van der Waals surface area contributed by atoms with Gasteiger partial charge in [-0.1, -0.05) is 0 Å². The molecule has 4 aliphatic rings. The standard InChI is InChI=1S/C27H29.C15H14.C10H15.2ClH.Zr/c1-16-7-9-26(3,4)24-12-18-11-19-13-25-21(17(2)8-10-27(25,5)6)15-23(19)22(18)14-20(16)24;1-12-3-7-14(8-4-12)11-15-9-5-13(2)6-10-15;1-8-5-6-9(7-8)10(2,3)4;;;/h7-8,11-15H,9-10H2,1-6H3;3-10H,1-2H3;6-8H,1-4H3;2*1H;/q;;;;;+2/p-2. The topological polar surface area (TPSA) is 0 Å². The van der Waals surface area contributed by atoms with Crippen LogP contribution in [-0.4, -0.2) is 3.21 Å². The second-order valence-corrected chi connectivity index (χ2v) is 25.2. The van der Waals surface area contributed by atoms with Crippen LogP contribution in [0, 0.1) is 25.2 Å². The molecule has 0 heterocycles.